The summed E-state index contributed by atoms with van der Waals surface area (Å²) in [5, 5.41) is 3.10. The van der Waals surface area contributed by atoms with Gasteiger partial charge in [-0.2, -0.15) is 0 Å². The molecule has 0 bridgehead atoms. The molecule has 0 saturated heterocycles. The molecule has 0 amide bonds. The van der Waals surface area contributed by atoms with Crippen molar-refractivity contribution in [3.63, 3.8) is 0 Å². The van der Waals surface area contributed by atoms with E-state index in [2.05, 4.69) is 50.1 Å². The quantitative estimate of drug-likeness (QED) is 0.913. The second-order valence-electron chi connectivity index (χ2n) is 6.36. The average molecular weight is 284 g/mol. The first-order valence-corrected chi connectivity index (χ1v) is 7.28. The summed E-state index contributed by atoms with van der Waals surface area (Å²) in [6.45, 7) is 9.45. The van der Waals surface area contributed by atoms with Crippen LogP contribution in [0.4, 0.5) is 0 Å². The van der Waals surface area contributed by atoms with Gasteiger partial charge in [-0.3, -0.25) is 4.98 Å². The number of ether oxygens (including phenoxy) is 1. The first kappa shape index (κ1) is 15.5. The molecule has 0 radical (unpaired) electrons. The molecular formula is C18H24N2O. The van der Waals surface area contributed by atoms with E-state index in [0.29, 0.717) is 0 Å². The van der Waals surface area contributed by atoms with Gasteiger partial charge in [0.2, 0.25) is 0 Å². The van der Waals surface area contributed by atoms with Crippen molar-refractivity contribution < 1.29 is 4.74 Å². The van der Waals surface area contributed by atoms with Crippen molar-refractivity contribution in [2.45, 2.75) is 39.7 Å². The number of nitrogens with zero attached hydrogens (tertiary/aromatic N) is 1. The lowest BCUT2D eigenvalue weighted by Gasteiger charge is -2.23. The largest absolute Gasteiger partial charge is 0.457 e. The van der Waals surface area contributed by atoms with E-state index in [0.717, 1.165) is 23.7 Å². The van der Waals surface area contributed by atoms with Gasteiger partial charge in [0, 0.05) is 24.4 Å². The highest BCUT2D eigenvalue weighted by atomic mass is 16.5. The zero-order valence-corrected chi connectivity index (χ0v) is 13.5. The number of pyridine rings is 1. The fourth-order valence-corrected chi connectivity index (χ4v) is 2.24. The summed E-state index contributed by atoms with van der Waals surface area (Å²) in [5.74, 6) is 1.74. The monoisotopic (exact) mass is 284 g/mol. The van der Waals surface area contributed by atoms with Gasteiger partial charge in [0.15, 0.2) is 0 Å². The van der Waals surface area contributed by atoms with Gasteiger partial charge in [0.25, 0.3) is 0 Å². The fraction of sp³-hybridized carbons (Fsp3) is 0.389. The molecule has 0 aliphatic heterocycles. The minimum Gasteiger partial charge on any atom is -0.457 e. The third-order valence-electron chi connectivity index (χ3n) is 3.32. The summed E-state index contributed by atoms with van der Waals surface area (Å²) in [5.41, 5.74) is 3.48. The molecule has 1 aromatic carbocycles. The fourth-order valence-electron chi connectivity index (χ4n) is 2.24. The molecule has 0 spiro atoms. The Labute approximate surface area is 127 Å². The van der Waals surface area contributed by atoms with Crippen molar-refractivity contribution >= 4 is 0 Å². The molecule has 0 aliphatic rings. The Morgan fingerprint density at radius 3 is 2.57 bits per heavy atom. The number of nitrogens with one attached hydrogen (secondary N) is 1. The molecule has 2 rings (SSSR count). The van der Waals surface area contributed by atoms with Crippen LogP contribution in [0, 0.1) is 6.92 Å². The van der Waals surface area contributed by atoms with Crippen LogP contribution in [0.25, 0.3) is 0 Å². The van der Waals surface area contributed by atoms with Gasteiger partial charge in [-0.1, -0.05) is 38.5 Å². The van der Waals surface area contributed by atoms with Crippen molar-refractivity contribution in [3.8, 4) is 11.5 Å². The highest BCUT2D eigenvalue weighted by molar-refractivity contribution is 5.43. The van der Waals surface area contributed by atoms with Crippen LogP contribution in [0.1, 0.15) is 37.6 Å². The van der Waals surface area contributed by atoms with Crippen molar-refractivity contribution in [2.75, 3.05) is 7.05 Å². The second-order valence-corrected chi connectivity index (χ2v) is 6.36. The van der Waals surface area contributed by atoms with Crippen LogP contribution in [-0.2, 0) is 12.0 Å². The van der Waals surface area contributed by atoms with E-state index >= 15 is 0 Å². The third-order valence-corrected chi connectivity index (χ3v) is 3.32. The van der Waals surface area contributed by atoms with Crippen LogP contribution in [0.15, 0.2) is 36.5 Å². The molecule has 2 aromatic rings. The highest BCUT2D eigenvalue weighted by Crippen LogP contribution is 2.34. The van der Waals surface area contributed by atoms with E-state index in [1.165, 1.54) is 11.1 Å². The van der Waals surface area contributed by atoms with Crippen molar-refractivity contribution in [3.05, 3.63) is 53.3 Å². The Balaban J connectivity index is 2.33. The molecule has 0 atom stereocenters. The summed E-state index contributed by atoms with van der Waals surface area (Å²) >= 11 is 0. The van der Waals surface area contributed by atoms with Gasteiger partial charge < -0.3 is 10.1 Å². The minimum atomic E-state index is 0.0438. The highest BCUT2D eigenvalue weighted by Gasteiger charge is 2.19. The molecular weight excluding hydrogens is 260 g/mol. The smallest absolute Gasteiger partial charge is 0.131 e. The Morgan fingerprint density at radius 2 is 1.90 bits per heavy atom. The van der Waals surface area contributed by atoms with Gasteiger partial charge in [0.1, 0.15) is 11.5 Å². The number of aromatic nitrogens is 1. The van der Waals surface area contributed by atoms with Gasteiger partial charge in [0.05, 0.1) is 5.69 Å². The lowest BCUT2D eigenvalue weighted by atomic mass is 9.85. The molecule has 0 unspecified atom stereocenters. The average Bonchev–Trinajstić information content (AvgIpc) is 2.40. The van der Waals surface area contributed by atoms with Gasteiger partial charge in [-0.05, 0) is 31.5 Å². The summed E-state index contributed by atoms with van der Waals surface area (Å²) < 4.78 is 6.11. The van der Waals surface area contributed by atoms with Gasteiger partial charge >= 0.3 is 0 Å². The summed E-state index contributed by atoms with van der Waals surface area (Å²) in [4.78, 5) is 4.31. The maximum atomic E-state index is 6.11. The van der Waals surface area contributed by atoms with E-state index in [1.807, 2.05) is 25.2 Å². The molecule has 1 heterocycles. The second kappa shape index (κ2) is 6.27. The Hall–Kier alpha value is -1.87. The lowest BCUT2D eigenvalue weighted by molar-refractivity contribution is 0.453. The number of hydrogen-bond acceptors (Lipinski definition) is 3. The minimum absolute atomic E-state index is 0.0438. The molecule has 0 aliphatic carbocycles. The maximum absolute atomic E-state index is 6.11. The van der Waals surface area contributed by atoms with Crippen molar-refractivity contribution in [1.82, 2.24) is 10.3 Å². The van der Waals surface area contributed by atoms with Crippen LogP contribution >= 0.6 is 0 Å². The summed E-state index contributed by atoms with van der Waals surface area (Å²) in [7, 11) is 1.91. The standard InChI is InChI=1S/C18H24N2O/c1-13-6-7-17(16(10-13)18(2,3)4)21-15-8-9-20-14(11-15)12-19-5/h6-11,19H,12H2,1-5H3. The van der Waals surface area contributed by atoms with Gasteiger partial charge in [-0.15, -0.1) is 0 Å². The predicted octanol–water partition coefficient (Wildman–Crippen LogP) is 4.20. The molecule has 3 nitrogen and oxygen atoms in total. The summed E-state index contributed by atoms with van der Waals surface area (Å²) in [6.07, 6.45) is 1.78. The number of aryl methyl sites for hydroxylation is 1. The normalized spacial score (nSPS) is 11.5. The lowest BCUT2D eigenvalue weighted by Crippen LogP contribution is -2.13. The Bertz CT molecular complexity index is 615. The first-order valence-electron chi connectivity index (χ1n) is 7.28. The molecule has 112 valence electrons. The molecule has 1 aromatic heterocycles. The van der Waals surface area contributed by atoms with E-state index in [-0.39, 0.29) is 5.41 Å². The first-order chi connectivity index (χ1) is 9.90. The number of benzene rings is 1. The maximum Gasteiger partial charge on any atom is 0.131 e. The topological polar surface area (TPSA) is 34.1 Å². The Morgan fingerprint density at radius 1 is 1.14 bits per heavy atom. The number of hydrogen-bond donors (Lipinski definition) is 1. The zero-order valence-electron chi connectivity index (χ0n) is 13.5. The third kappa shape index (κ3) is 4.05. The summed E-state index contributed by atoms with van der Waals surface area (Å²) in [6, 6.07) is 10.2. The van der Waals surface area contributed by atoms with Crippen LogP contribution in [-0.4, -0.2) is 12.0 Å². The van der Waals surface area contributed by atoms with Crippen LogP contribution < -0.4 is 10.1 Å². The van der Waals surface area contributed by atoms with Crippen molar-refractivity contribution in [1.29, 1.82) is 0 Å². The van der Waals surface area contributed by atoms with Crippen LogP contribution in [0.3, 0.4) is 0 Å². The van der Waals surface area contributed by atoms with E-state index in [4.69, 9.17) is 4.74 Å². The van der Waals surface area contributed by atoms with Crippen LogP contribution in [0.5, 0.6) is 11.5 Å². The van der Waals surface area contributed by atoms with Crippen LogP contribution in [0.2, 0.25) is 0 Å². The van der Waals surface area contributed by atoms with E-state index in [1.54, 1.807) is 6.20 Å². The zero-order chi connectivity index (χ0) is 15.5. The molecule has 21 heavy (non-hydrogen) atoms. The van der Waals surface area contributed by atoms with E-state index < -0.39 is 0 Å². The molecule has 0 saturated carbocycles. The SMILES string of the molecule is CNCc1cc(Oc2ccc(C)cc2C(C)(C)C)ccn1. The van der Waals surface area contributed by atoms with Crippen molar-refractivity contribution in [2.24, 2.45) is 0 Å². The number of rotatable bonds is 4. The Kier molecular flexibility index (Phi) is 4.63. The van der Waals surface area contributed by atoms with Gasteiger partial charge in [-0.25, -0.2) is 0 Å². The molecule has 0 fully saturated rings. The predicted molar refractivity (Wildman–Crippen MR) is 87.0 cm³/mol. The molecule has 1 N–H and O–H groups in total. The van der Waals surface area contributed by atoms with E-state index in [9.17, 15) is 0 Å². The molecule has 3 heteroatoms.